The number of rotatable bonds is 6. The molecule has 0 aliphatic rings. The summed E-state index contributed by atoms with van der Waals surface area (Å²) in [5, 5.41) is 13.3. The maximum atomic E-state index is 12.6. The third kappa shape index (κ3) is 5.62. The largest absolute Gasteiger partial charge is 0.451 e. The molecule has 1 aromatic carbocycles. The average molecular weight is 363 g/mol. The van der Waals surface area contributed by atoms with Gasteiger partial charge in [0.05, 0.1) is 10.5 Å². The molecule has 0 saturated heterocycles. The molecule has 0 fully saturated rings. The summed E-state index contributed by atoms with van der Waals surface area (Å²) in [6, 6.07) is 1.87. The number of carbonyl (C=O) groups is 2. The fraction of sp³-hybridized carbons (Fsp3) is 0.429. The second-order valence-corrected chi connectivity index (χ2v) is 5.21. The molecule has 8 nitrogen and oxygen atoms in total. The van der Waals surface area contributed by atoms with Crippen LogP contribution in [0.3, 0.4) is 0 Å². The van der Waals surface area contributed by atoms with Crippen molar-refractivity contribution in [3.63, 3.8) is 0 Å². The standard InChI is InChI=1S/C14H16F3N3O5/c1-8(13(22)19(2)3)25-12(21)7-18-10-5-4-9(14(15,16)17)6-11(10)20(23)24/h4-6,8,18H,7H2,1-3H3/t8-/m0/s1. The molecular weight excluding hydrogens is 347 g/mol. The maximum absolute atomic E-state index is 12.6. The van der Waals surface area contributed by atoms with Crippen LogP contribution in [0, 0.1) is 10.1 Å². The van der Waals surface area contributed by atoms with E-state index in [4.69, 9.17) is 4.74 Å². The van der Waals surface area contributed by atoms with Crippen molar-refractivity contribution in [2.24, 2.45) is 0 Å². The summed E-state index contributed by atoms with van der Waals surface area (Å²) in [5.41, 5.74) is -2.29. The molecule has 0 radical (unpaired) electrons. The highest BCUT2D eigenvalue weighted by Gasteiger charge is 2.33. The van der Waals surface area contributed by atoms with Crippen molar-refractivity contribution in [2.75, 3.05) is 26.0 Å². The molecule has 0 aromatic heterocycles. The van der Waals surface area contributed by atoms with Crippen LogP contribution in [-0.2, 0) is 20.5 Å². The van der Waals surface area contributed by atoms with Crippen LogP contribution in [0.4, 0.5) is 24.5 Å². The summed E-state index contributed by atoms with van der Waals surface area (Å²) in [7, 11) is 2.94. The Balaban J connectivity index is 2.81. The number of ether oxygens (including phenoxy) is 1. The number of anilines is 1. The number of carbonyl (C=O) groups excluding carboxylic acids is 2. The summed E-state index contributed by atoms with van der Waals surface area (Å²) in [6.45, 7) is 0.790. The first-order valence-electron chi connectivity index (χ1n) is 6.93. The van der Waals surface area contributed by atoms with E-state index in [0.29, 0.717) is 12.1 Å². The third-order valence-corrected chi connectivity index (χ3v) is 3.04. The lowest BCUT2D eigenvalue weighted by Gasteiger charge is -2.17. The number of nitrogens with zero attached hydrogens (tertiary/aromatic N) is 2. The van der Waals surface area contributed by atoms with Gasteiger partial charge < -0.3 is 15.0 Å². The number of hydrogen-bond acceptors (Lipinski definition) is 6. The van der Waals surface area contributed by atoms with Crippen LogP contribution in [-0.4, -0.2) is 48.4 Å². The molecule has 1 atom stereocenters. The molecule has 0 aliphatic carbocycles. The Labute approximate surface area is 140 Å². The quantitative estimate of drug-likeness (QED) is 0.471. The van der Waals surface area contributed by atoms with E-state index in [1.807, 2.05) is 0 Å². The van der Waals surface area contributed by atoms with Crippen LogP contribution in [0.1, 0.15) is 12.5 Å². The van der Waals surface area contributed by atoms with Crippen molar-refractivity contribution in [3.05, 3.63) is 33.9 Å². The number of alkyl halides is 3. The van der Waals surface area contributed by atoms with E-state index in [0.717, 1.165) is 6.07 Å². The normalized spacial score (nSPS) is 12.2. The highest BCUT2D eigenvalue weighted by atomic mass is 19.4. The van der Waals surface area contributed by atoms with Gasteiger partial charge in [-0.25, -0.2) is 0 Å². The second kappa shape index (κ2) is 7.81. The Kier molecular flexibility index (Phi) is 6.31. The number of nitrogens with one attached hydrogen (secondary N) is 1. The van der Waals surface area contributed by atoms with E-state index in [-0.39, 0.29) is 5.69 Å². The van der Waals surface area contributed by atoms with Crippen LogP contribution in [0.5, 0.6) is 0 Å². The van der Waals surface area contributed by atoms with Gasteiger partial charge in [-0.2, -0.15) is 13.2 Å². The van der Waals surface area contributed by atoms with Crippen LogP contribution < -0.4 is 5.32 Å². The Morgan fingerprint density at radius 1 is 1.36 bits per heavy atom. The first-order chi connectivity index (χ1) is 11.4. The molecule has 0 aliphatic heterocycles. The summed E-state index contributed by atoms with van der Waals surface area (Å²) in [6.07, 6.45) is -5.80. The van der Waals surface area contributed by atoms with E-state index in [1.165, 1.54) is 25.9 Å². The highest BCUT2D eigenvalue weighted by Crippen LogP contribution is 2.34. The predicted octanol–water partition coefficient (Wildman–Crippen LogP) is 2.05. The molecule has 0 saturated carbocycles. The summed E-state index contributed by atoms with van der Waals surface area (Å²) in [5.74, 6) is -1.36. The molecule has 0 bridgehead atoms. The lowest BCUT2D eigenvalue weighted by atomic mass is 10.1. The topological polar surface area (TPSA) is 102 Å². The zero-order valence-corrected chi connectivity index (χ0v) is 13.6. The first kappa shape index (κ1) is 20.2. The number of nitro benzene ring substituents is 1. The molecule has 0 unspecified atom stereocenters. The smallest absolute Gasteiger partial charge is 0.416 e. The van der Waals surface area contributed by atoms with Crippen molar-refractivity contribution in [1.82, 2.24) is 4.90 Å². The van der Waals surface area contributed by atoms with Gasteiger partial charge in [-0.05, 0) is 19.1 Å². The van der Waals surface area contributed by atoms with Gasteiger partial charge in [0.1, 0.15) is 12.2 Å². The third-order valence-electron chi connectivity index (χ3n) is 3.04. The zero-order valence-electron chi connectivity index (χ0n) is 13.6. The van der Waals surface area contributed by atoms with Crippen LogP contribution >= 0.6 is 0 Å². The van der Waals surface area contributed by atoms with Crippen LogP contribution in [0.25, 0.3) is 0 Å². The summed E-state index contributed by atoms with van der Waals surface area (Å²) < 4.78 is 42.7. The number of halogens is 3. The minimum absolute atomic E-state index is 0.276. The molecule has 138 valence electrons. The number of amides is 1. The van der Waals surface area contributed by atoms with Crippen molar-refractivity contribution < 1.29 is 32.4 Å². The number of likely N-dealkylation sites (N-methyl/N-ethyl adjacent to an activating group) is 1. The molecule has 25 heavy (non-hydrogen) atoms. The average Bonchev–Trinajstić information content (AvgIpc) is 2.50. The van der Waals surface area contributed by atoms with Gasteiger partial charge in [-0.3, -0.25) is 19.7 Å². The van der Waals surface area contributed by atoms with Gasteiger partial charge in [-0.1, -0.05) is 0 Å². The van der Waals surface area contributed by atoms with Gasteiger partial charge >= 0.3 is 12.1 Å². The first-order valence-corrected chi connectivity index (χ1v) is 6.93. The molecule has 1 rings (SSSR count). The molecular formula is C14H16F3N3O5. The van der Waals surface area contributed by atoms with Crippen LogP contribution in [0.2, 0.25) is 0 Å². The van der Waals surface area contributed by atoms with Crippen molar-refractivity contribution in [2.45, 2.75) is 19.2 Å². The van der Waals surface area contributed by atoms with Crippen molar-refractivity contribution in [1.29, 1.82) is 0 Å². The Morgan fingerprint density at radius 2 is 1.96 bits per heavy atom. The van der Waals surface area contributed by atoms with Crippen LogP contribution in [0.15, 0.2) is 18.2 Å². The summed E-state index contributed by atoms with van der Waals surface area (Å²) in [4.78, 5) is 34.4. The Morgan fingerprint density at radius 3 is 2.44 bits per heavy atom. The highest BCUT2D eigenvalue weighted by molar-refractivity contribution is 5.84. The lowest BCUT2D eigenvalue weighted by Crippen LogP contribution is -2.36. The lowest BCUT2D eigenvalue weighted by molar-refractivity contribution is -0.384. The molecule has 1 aromatic rings. The van der Waals surface area contributed by atoms with E-state index in [2.05, 4.69) is 5.32 Å². The van der Waals surface area contributed by atoms with E-state index in [9.17, 15) is 32.9 Å². The number of nitro groups is 1. The molecule has 0 heterocycles. The minimum atomic E-state index is -4.73. The molecule has 1 amide bonds. The van der Waals surface area contributed by atoms with E-state index < -0.39 is 46.9 Å². The number of benzene rings is 1. The van der Waals surface area contributed by atoms with E-state index in [1.54, 1.807) is 0 Å². The van der Waals surface area contributed by atoms with Gasteiger partial charge in [0, 0.05) is 20.2 Å². The number of esters is 1. The van der Waals surface area contributed by atoms with E-state index >= 15 is 0 Å². The van der Waals surface area contributed by atoms with Crippen molar-refractivity contribution >= 4 is 23.3 Å². The van der Waals surface area contributed by atoms with Gasteiger partial charge in [-0.15, -0.1) is 0 Å². The van der Waals surface area contributed by atoms with Gasteiger partial charge in [0.2, 0.25) is 0 Å². The Bertz CT molecular complexity index is 676. The monoisotopic (exact) mass is 363 g/mol. The zero-order chi connectivity index (χ0) is 19.4. The molecule has 0 spiro atoms. The molecule has 11 heteroatoms. The minimum Gasteiger partial charge on any atom is -0.451 e. The fourth-order valence-corrected chi connectivity index (χ4v) is 1.83. The molecule has 1 N–H and O–H groups in total. The van der Waals surface area contributed by atoms with Gasteiger partial charge in [0.25, 0.3) is 11.6 Å². The van der Waals surface area contributed by atoms with Crippen molar-refractivity contribution in [3.8, 4) is 0 Å². The Hall–Kier alpha value is -2.85. The fourth-order valence-electron chi connectivity index (χ4n) is 1.83. The van der Waals surface area contributed by atoms with Gasteiger partial charge in [0.15, 0.2) is 6.10 Å². The predicted molar refractivity (Wildman–Crippen MR) is 80.8 cm³/mol. The summed E-state index contributed by atoms with van der Waals surface area (Å²) >= 11 is 0. The second-order valence-electron chi connectivity index (χ2n) is 5.21. The SMILES string of the molecule is C[C@H](OC(=O)CNc1ccc(C(F)(F)F)cc1[N+](=O)[O-])C(=O)N(C)C. The number of hydrogen-bond donors (Lipinski definition) is 1. The maximum Gasteiger partial charge on any atom is 0.416 e.